The van der Waals surface area contributed by atoms with Crippen LogP contribution in [0.5, 0.6) is 5.75 Å². The molecule has 0 radical (unpaired) electrons. The average molecular weight is 295 g/mol. The van der Waals surface area contributed by atoms with Crippen molar-refractivity contribution in [1.29, 1.82) is 0 Å². The molecule has 0 fully saturated rings. The molecular formula is C13H11ClN2O2S. The van der Waals surface area contributed by atoms with Crippen molar-refractivity contribution in [1.82, 2.24) is 9.38 Å². The van der Waals surface area contributed by atoms with E-state index in [9.17, 15) is 5.11 Å². The van der Waals surface area contributed by atoms with Crippen LogP contribution in [0.15, 0.2) is 36.0 Å². The van der Waals surface area contributed by atoms with Crippen molar-refractivity contribution in [3.63, 3.8) is 0 Å². The summed E-state index contributed by atoms with van der Waals surface area (Å²) in [6.07, 6.45) is 3.88. The maximum atomic E-state index is 9.30. The Labute approximate surface area is 118 Å². The van der Waals surface area contributed by atoms with Gasteiger partial charge in [-0.25, -0.2) is 4.98 Å². The zero-order chi connectivity index (χ0) is 13.2. The highest BCUT2D eigenvalue weighted by molar-refractivity contribution is 7.15. The predicted molar refractivity (Wildman–Crippen MR) is 74.8 cm³/mol. The fourth-order valence-electron chi connectivity index (χ4n) is 1.82. The quantitative estimate of drug-likeness (QED) is 0.804. The van der Waals surface area contributed by atoms with Gasteiger partial charge >= 0.3 is 0 Å². The lowest BCUT2D eigenvalue weighted by Crippen LogP contribution is -1.99. The third kappa shape index (κ3) is 2.45. The lowest BCUT2D eigenvalue weighted by Gasteiger charge is -2.09. The minimum atomic E-state index is -0.146. The second-order valence-corrected chi connectivity index (χ2v) is 5.27. The number of ether oxygens (including phenoxy) is 1. The van der Waals surface area contributed by atoms with Crippen LogP contribution in [0.25, 0.3) is 4.96 Å². The molecule has 0 unspecified atom stereocenters. The van der Waals surface area contributed by atoms with Crippen molar-refractivity contribution in [3.8, 4) is 5.75 Å². The Balaban J connectivity index is 1.79. The number of aliphatic hydroxyl groups is 1. The lowest BCUT2D eigenvalue weighted by molar-refractivity contribution is 0.258. The van der Waals surface area contributed by atoms with Crippen molar-refractivity contribution < 1.29 is 9.84 Å². The first-order valence-electron chi connectivity index (χ1n) is 5.70. The fourth-order valence-corrected chi connectivity index (χ4v) is 2.77. The molecular weight excluding hydrogens is 284 g/mol. The van der Waals surface area contributed by atoms with E-state index in [0.717, 1.165) is 10.7 Å². The van der Waals surface area contributed by atoms with E-state index in [4.69, 9.17) is 16.3 Å². The van der Waals surface area contributed by atoms with Gasteiger partial charge in [0.05, 0.1) is 12.3 Å². The molecule has 3 aromatic rings. The Morgan fingerprint density at radius 2 is 2.32 bits per heavy atom. The summed E-state index contributed by atoms with van der Waals surface area (Å²) in [6, 6.07) is 5.31. The highest BCUT2D eigenvalue weighted by Gasteiger charge is 2.09. The van der Waals surface area contributed by atoms with E-state index in [0.29, 0.717) is 22.9 Å². The molecule has 0 amide bonds. The van der Waals surface area contributed by atoms with Crippen LogP contribution in [0, 0.1) is 0 Å². The summed E-state index contributed by atoms with van der Waals surface area (Å²) < 4.78 is 7.63. The molecule has 1 N–H and O–H groups in total. The number of halogens is 1. The van der Waals surface area contributed by atoms with Gasteiger partial charge in [-0.2, -0.15) is 0 Å². The van der Waals surface area contributed by atoms with E-state index >= 15 is 0 Å². The first kappa shape index (κ1) is 12.5. The van der Waals surface area contributed by atoms with Crippen LogP contribution >= 0.6 is 22.9 Å². The molecule has 2 heterocycles. The number of hydrogen-bond donors (Lipinski definition) is 1. The van der Waals surface area contributed by atoms with Crippen molar-refractivity contribution in [2.24, 2.45) is 0 Å². The van der Waals surface area contributed by atoms with Crippen molar-refractivity contribution in [2.45, 2.75) is 13.2 Å². The lowest BCUT2D eigenvalue weighted by atomic mass is 10.2. The van der Waals surface area contributed by atoms with Gasteiger partial charge in [0.25, 0.3) is 0 Å². The average Bonchev–Trinajstić information content (AvgIpc) is 2.97. The summed E-state index contributed by atoms with van der Waals surface area (Å²) in [4.78, 5) is 5.36. The van der Waals surface area contributed by atoms with Gasteiger partial charge in [0.2, 0.25) is 0 Å². The maximum Gasteiger partial charge on any atom is 0.193 e. The normalized spacial score (nSPS) is 11.1. The molecule has 98 valence electrons. The number of hydrogen-bond acceptors (Lipinski definition) is 4. The minimum Gasteiger partial charge on any atom is -0.487 e. The van der Waals surface area contributed by atoms with Gasteiger partial charge < -0.3 is 9.84 Å². The smallest absolute Gasteiger partial charge is 0.193 e. The second kappa shape index (κ2) is 5.21. The Hall–Kier alpha value is -1.56. The van der Waals surface area contributed by atoms with Crippen LogP contribution < -0.4 is 4.74 Å². The van der Waals surface area contributed by atoms with E-state index in [-0.39, 0.29) is 6.61 Å². The third-order valence-corrected chi connectivity index (χ3v) is 3.88. The van der Waals surface area contributed by atoms with Gasteiger partial charge in [0.1, 0.15) is 12.4 Å². The summed E-state index contributed by atoms with van der Waals surface area (Å²) >= 11 is 7.58. The number of rotatable bonds is 4. The standard InChI is InChI=1S/C13H11ClN2O2S/c14-11-2-1-3-12(10(11)7-17)18-8-9-6-16-4-5-19-13(16)15-9/h1-6,17H,7-8H2. The van der Waals surface area contributed by atoms with Gasteiger partial charge in [-0.05, 0) is 12.1 Å². The molecule has 6 heteroatoms. The highest BCUT2D eigenvalue weighted by Crippen LogP contribution is 2.27. The minimum absolute atomic E-state index is 0.146. The monoisotopic (exact) mass is 294 g/mol. The number of aliphatic hydroxyl groups excluding tert-OH is 1. The third-order valence-electron chi connectivity index (χ3n) is 2.75. The molecule has 0 aliphatic carbocycles. The summed E-state index contributed by atoms with van der Waals surface area (Å²) in [7, 11) is 0. The number of nitrogens with zero attached hydrogens (tertiary/aromatic N) is 2. The summed E-state index contributed by atoms with van der Waals surface area (Å²) in [5, 5.41) is 11.8. The topological polar surface area (TPSA) is 46.8 Å². The van der Waals surface area contributed by atoms with Gasteiger partial charge in [0, 0.05) is 28.4 Å². The molecule has 1 aromatic carbocycles. The Kier molecular flexibility index (Phi) is 3.42. The summed E-state index contributed by atoms with van der Waals surface area (Å²) in [6.45, 7) is 0.203. The zero-order valence-corrected chi connectivity index (χ0v) is 11.5. The summed E-state index contributed by atoms with van der Waals surface area (Å²) in [5.74, 6) is 0.589. The molecule has 0 aliphatic heterocycles. The number of imidazole rings is 1. The largest absolute Gasteiger partial charge is 0.487 e. The molecule has 0 bridgehead atoms. The van der Waals surface area contributed by atoms with Gasteiger partial charge in [-0.15, -0.1) is 11.3 Å². The highest BCUT2D eigenvalue weighted by atomic mass is 35.5. The SMILES string of the molecule is OCc1c(Cl)cccc1OCc1cn2ccsc2n1. The fraction of sp³-hybridized carbons (Fsp3) is 0.154. The molecule has 0 saturated heterocycles. The Bertz CT molecular complexity index is 679. The molecule has 0 spiro atoms. The number of fused-ring (bicyclic) bond motifs is 1. The first-order chi connectivity index (χ1) is 9.28. The number of benzene rings is 1. The van der Waals surface area contributed by atoms with Gasteiger partial charge in [-0.1, -0.05) is 17.7 Å². The second-order valence-electron chi connectivity index (χ2n) is 3.99. The van der Waals surface area contributed by atoms with Crippen molar-refractivity contribution >= 4 is 27.9 Å². The van der Waals surface area contributed by atoms with E-state index in [2.05, 4.69) is 4.98 Å². The van der Waals surface area contributed by atoms with Crippen LogP contribution in [-0.4, -0.2) is 14.5 Å². The number of thiazole rings is 1. The van der Waals surface area contributed by atoms with Crippen LogP contribution in [-0.2, 0) is 13.2 Å². The van der Waals surface area contributed by atoms with Crippen molar-refractivity contribution in [2.75, 3.05) is 0 Å². The molecule has 0 saturated carbocycles. The van der Waals surface area contributed by atoms with Gasteiger partial charge in [0.15, 0.2) is 4.96 Å². The number of aromatic nitrogens is 2. The molecule has 0 atom stereocenters. The van der Waals surface area contributed by atoms with Crippen LogP contribution in [0.1, 0.15) is 11.3 Å². The summed E-state index contributed by atoms with van der Waals surface area (Å²) in [5.41, 5.74) is 1.45. The van der Waals surface area contributed by atoms with E-state index in [1.807, 2.05) is 22.2 Å². The molecule has 19 heavy (non-hydrogen) atoms. The Morgan fingerprint density at radius 1 is 1.42 bits per heavy atom. The van der Waals surface area contributed by atoms with E-state index in [1.165, 1.54) is 0 Å². The first-order valence-corrected chi connectivity index (χ1v) is 6.96. The molecule has 4 nitrogen and oxygen atoms in total. The van der Waals surface area contributed by atoms with Crippen molar-refractivity contribution in [3.05, 3.63) is 52.3 Å². The van der Waals surface area contributed by atoms with Crippen LogP contribution in [0.2, 0.25) is 5.02 Å². The molecule has 2 aromatic heterocycles. The van der Waals surface area contributed by atoms with Crippen LogP contribution in [0.4, 0.5) is 0 Å². The molecule has 3 rings (SSSR count). The zero-order valence-electron chi connectivity index (χ0n) is 9.91. The van der Waals surface area contributed by atoms with Gasteiger partial charge in [-0.3, -0.25) is 4.40 Å². The maximum absolute atomic E-state index is 9.30. The van der Waals surface area contributed by atoms with E-state index < -0.39 is 0 Å². The predicted octanol–water partition coefficient (Wildman–Crippen LogP) is 3.12. The Morgan fingerprint density at radius 3 is 3.11 bits per heavy atom. The van der Waals surface area contributed by atoms with Crippen LogP contribution in [0.3, 0.4) is 0 Å². The van der Waals surface area contributed by atoms with E-state index in [1.54, 1.807) is 29.5 Å². The molecule has 0 aliphatic rings.